The van der Waals surface area contributed by atoms with Gasteiger partial charge in [-0.1, -0.05) is 11.6 Å². The van der Waals surface area contributed by atoms with E-state index in [4.69, 9.17) is 16.7 Å². The largest absolute Gasteiger partial charge is 0.480 e. The van der Waals surface area contributed by atoms with E-state index in [-0.39, 0.29) is 18.4 Å². The minimum atomic E-state index is -1.22. The summed E-state index contributed by atoms with van der Waals surface area (Å²) in [5.74, 6) is -2.34. The Balaban J connectivity index is 2.76. The summed E-state index contributed by atoms with van der Waals surface area (Å²) >= 11 is 8.95. The first-order valence-electron chi connectivity index (χ1n) is 5.90. The monoisotopic (exact) mass is 377 g/mol. The normalized spacial score (nSPS) is 11.6. The maximum atomic E-state index is 12.0. The van der Waals surface area contributed by atoms with E-state index in [1.165, 1.54) is 25.3 Å². The van der Waals surface area contributed by atoms with Crippen LogP contribution in [0.25, 0.3) is 0 Å². The van der Waals surface area contributed by atoms with Gasteiger partial charge >= 0.3 is 11.9 Å². The van der Waals surface area contributed by atoms with Crippen molar-refractivity contribution in [2.75, 3.05) is 7.11 Å². The zero-order chi connectivity index (χ0) is 16.0. The number of halogens is 2. The highest BCUT2D eigenvalue weighted by molar-refractivity contribution is 9.10. The molecule has 0 unspecified atom stereocenters. The standard InChI is InChI=1S/C13H13BrClNO5/c1-21-11(17)5-4-10(13(19)20)16-12(18)8-3-2-7(15)6-9(8)14/h2-3,6,10H,4-5H2,1H3,(H,16,18)(H,19,20)/t10-/m1/s1. The van der Waals surface area contributed by atoms with Crippen molar-refractivity contribution in [3.63, 3.8) is 0 Å². The summed E-state index contributed by atoms with van der Waals surface area (Å²) in [6.45, 7) is 0. The van der Waals surface area contributed by atoms with Gasteiger partial charge < -0.3 is 15.2 Å². The van der Waals surface area contributed by atoms with Gasteiger partial charge in [0.15, 0.2) is 0 Å². The molecule has 1 aromatic rings. The molecule has 0 bridgehead atoms. The van der Waals surface area contributed by atoms with Gasteiger partial charge in [-0.3, -0.25) is 9.59 Å². The van der Waals surface area contributed by atoms with E-state index in [9.17, 15) is 14.4 Å². The smallest absolute Gasteiger partial charge is 0.326 e. The lowest BCUT2D eigenvalue weighted by Crippen LogP contribution is -2.41. The lowest BCUT2D eigenvalue weighted by atomic mass is 10.1. The molecule has 0 heterocycles. The molecule has 0 radical (unpaired) electrons. The Morgan fingerprint density at radius 2 is 2.10 bits per heavy atom. The van der Waals surface area contributed by atoms with Crippen molar-refractivity contribution in [1.82, 2.24) is 5.32 Å². The fourth-order valence-corrected chi connectivity index (χ4v) is 2.39. The van der Waals surface area contributed by atoms with Crippen LogP contribution in [0, 0.1) is 0 Å². The van der Waals surface area contributed by atoms with E-state index >= 15 is 0 Å². The van der Waals surface area contributed by atoms with Crippen LogP contribution in [0.15, 0.2) is 22.7 Å². The molecule has 0 aliphatic heterocycles. The highest BCUT2D eigenvalue weighted by Crippen LogP contribution is 2.21. The van der Waals surface area contributed by atoms with Crippen LogP contribution in [0.5, 0.6) is 0 Å². The summed E-state index contributed by atoms with van der Waals surface area (Å²) in [5.41, 5.74) is 0.253. The number of ether oxygens (including phenoxy) is 1. The number of methoxy groups -OCH3 is 1. The van der Waals surface area contributed by atoms with Crippen molar-refractivity contribution < 1.29 is 24.2 Å². The number of aliphatic carboxylic acids is 1. The lowest BCUT2D eigenvalue weighted by Gasteiger charge is -2.14. The maximum absolute atomic E-state index is 12.0. The van der Waals surface area contributed by atoms with E-state index in [1.54, 1.807) is 0 Å². The first-order valence-corrected chi connectivity index (χ1v) is 7.07. The fraction of sp³-hybridized carbons (Fsp3) is 0.308. The molecule has 0 spiro atoms. The number of nitrogens with one attached hydrogen (secondary N) is 1. The summed E-state index contributed by atoms with van der Waals surface area (Å²) in [6.07, 6.45) is -0.158. The quantitative estimate of drug-likeness (QED) is 0.741. The Morgan fingerprint density at radius 3 is 2.62 bits per heavy atom. The molecule has 21 heavy (non-hydrogen) atoms. The number of carbonyl (C=O) groups excluding carboxylic acids is 2. The fourth-order valence-electron chi connectivity index (χ4n) is 1.53. The molecule has 1 aromatic carbocycles. The number of carbonyl (C=O) groups is 3. The molecule has 6 nitrogen and oxygen atoms in total. The van der Waals surface area contributed by atoms with Crippen LogP contribution in [-0.4, -0.2) is 36.1 Å². The molecule has 0 aliphatic carbocycles. The van der Waals surface area contributed by atoms with E-state index in [0.29, 0.717) is 9.50 Å². The number of benzene rings is 1. The van der Waals surface area contributed by atoms with Gasteiger partial charge in [-0.2, -0.15) is 0 Å². The number of carboxylic acids is 1. The third-order valence-corrected chi connectivity index (χ3v) is 3.54. The van der Waals surface area contributed by atoms with Gasteiger partial charge in [-0.25, -0.2) is 4.79 Å². The van der Waals surface area contributed by atoms with Gasteiger partial charge in [0.25, 0.3) is 5.91 Å². The van der Waals surface area contributed by atoms with Crippen molar-refractivity contribution in [3.05, 3.63) is 33.3 Å². The molecule has 0 aromatic heterocycles. The molecular formula is C13H13BrClNO5. The first-order chi connectivity index (χ1) is 9.85. The van der Waals surface area contributed by atoms with Gasteiger partial charge in [0.2, 0.25) is 0 Å². The van der Waals surface area contributed by atoms with Gasteiger partial charge in [0, 0.05) is 15.9 Å². The maximum Gasteiger partial charge on any atom is 0.326 e. The van der Waals surface area contributed by atoms with E-state index in [0.717, 1.165) is 0 Å². The summed E-state index contributed by atoms with van der Waals surface area (Å²) in [4.78, 5) is 34.2. The van der Waals surface area contributed by atoms with E-state index in [1.807, 2.05) is 0 Å². The average molecular weight is 379 g/mol. The van der Waals surface area contributed by atoms with Crippen LogP contribution >= 0.6 is 27.5 Å². The second-order valence-electron chi connectivity index (χ2n) is 4.10. The number of amides is 1. The van der Waals surface area contributed by atoms with E-state index in [2.05, 4.69) is 26.0 Å². The Kier molecular flexibility index (Phi) is 6.64. The molecule has 114 valence electrons. The first kappa shape index (κ1) is 17.5. The minimum Gasteiger partial charge on any atom is -0.480 e. The van der Waals surface area contributed by atoms with E-state index < -0.39 is 23.9 Å². The summed E-state index contributed by atoms with van der Waals surface area (Å²) in [5, 5.41) is 11.9. The molecule has 1 amide bonds. The lowest BCUT2D eigenvalue weighted by molar-refractivity contribution is -0.142. The van der Waals surface area contributed by atoms with Gasteiger partial charge in [-0.05, 0) is 40.5 Å². The molecular weight excluding hydrogens is 366 g/mol. The van der Waals surface area contributed by atoms with Crippen molar-refractivity contribution in [2.45, 2.75) is 18.9 Å². The molecule has 8 heteroatoms. The van der Waals surface area contributed by atoms with Crippen molar-refractivity contribution in [2.24, 2.45) is 0 Å². The Labute approximate surface area is 134 Å². The molecule has 0 aliphatic rings. The predicted octanol–water partition coefficient (Wildman–Crippen LogP) is 2.24. The topological polar surface area (TPSA) is 92.7 Å². The average Bonchev–Trinajstić information content (AvgIpc) is 2.42. The van der Waals surface area contributed by atoms with Crippen LogP contribution in [0.1, 0.15) is 23.2 Å². The van der Waals surface area contributed by atoms with Gasteiger partial charge in [0.05, 0.1) is 12.7 Å². The number of hydrogen-bond acceptors (Lipinski definition) is 4. The zero-order valence-electron chi connectivity index (χ0n) is 11.1. The predicted molar refractivity (Wildman–Crippen MR) is 79.3 cm³/mol. The highest BCUT2D eigenvalue weighted by atomic mass is 79.9. The van der Waals surface area contributed by atoms with Crippen LogP contribution in [0.2, 0.25) is 5.02 Å². The molecule has 0 fully saturated rings. The van der Waals surface area contributed by atoms with Crippen LogP contribution in [0.3, 0.4) is 0 Å². The minimum absolute atomic E-state index is 0.0566. The Hall–Kier alpha value is -1.60. The van der Waals surface area contributed by atoms with Crippen molar-refractivity contribution >= 4 is 45.4 Å². The van der Waals surface area contributed by atoms with Crippen molar-refractivity contribution in [3.8, 4) is 0 Å². The van der Waals surface area contributed by atoms with Gasteiger partial charge in [-0.15, -0.1) is 0 Å². The Bertz CT molecular complexity index is 563. The summed E-state index contributed by atoms with van der Waals surface area (Å²) in [7, 11) is 1.21. The number of rotatable bonds is 6. The molecule has 0 saturated heterocycles. The van der Waals surface area contributed by atoms with Crippen molar-refractivity contribution in [1.29, 1.82) is 0 Å². The SMILES string of the molecule is COC(=O)CC[C@@H](NC(=O)c1ccc(Cl)cc1Br)C(=O)O. The molecule has 1 atom stereocenters. The molecule has 1 rings (SSSR count). The van der Waals surface area contributed by atoms with Crippen LogP contribution in [0.4, 0.5) is 0 Å². The number of hydrogen-bond donors (Lipinski definition) is 2. The zero-order valence-corrected chi connectivity index (χ0v) is 13.4. The summed E-state index contributed by atoms with van der Waals surface area (Å²) < 4.78 is 4.88. The molecule has 2 N–H and O–H groups in total. The third kappa shape index (κ3) is 5.35. The summed E-state index contributed by atoms with van der Waals surface area (Å²) in [6, 6.07) is 3.34. The number of carboxylic acid groups (broad SMARTS) is 1. The molecule has 0 saturated carbocycles. The van der Waals surface area contributed by atoms with Gasteiger partial charge in [0.1, 0.15) is 6.04 Å². The second kappa shape index (κ2) is 7.99. The Morgan fingerprint density at radius 1 is 1.43 bits per heavy atom. The van der Waals surface area contributed by atoms with Crippen LogP contribution in [-0.2, 0) is 14.3 Å². The van der Waals surface area contributed by atoms with Crippen LogP contribution < -0.4 is 5.32 Å². The second-order valence-corrected chi connectivity index (χ2v) is 5.39. The third-order valence-electron chi connectivity index (χ3n) is 2.64. The number of esters is 1. The highest BCUT2D eigenvalue weighted by Gasteiger charge is 2.22.